The molecule has 0 saturated heterocycles. The van der Waals surface area contributed by atoms with Gasteiger partial charge in [0.25, 0.3) is 0 Å². The van der Waals surface area contributed by atoms with Crippen molar-refractivity contribution in [1.82, 2.24) is 4.90 Å². The topological polar surface area (TPSA) is 61.4 Å². The number of carbonyl (C=O) groups is 2. The van der Waals surface area contributed by atoms with Gasteiger partial charge in [-0.3, -0.25) is 9.59 Å². The average molecular weight is 317 g/mol. The number of nitrogens with zero attached hydrogens (tertiary/aromatic N) is 1. The van der Waals surface area contributed by atoms with E-state index in [4.69, 9.17) is 0 Å². The Morgan fingerprint density at radius 3 is 2.48 bits per heavy atom. The number of hydrogen-bond acceptors (Lipinski definition) is 3. The van der Waals surface area contributed by atoms with Gasteiger partial charge in [-0.25, -0.2) is 0 Å². The van der Waals surface area contributed by atoms with Crippen LogP contribution in [-0.2, 0) is 9.59 Å². The van der Waals surface area contributed by atoms with Gasteiger partial charge in [0.15, 0.2) is 0 Å². The second kappa shape index (κ2) is 7.99. The monoisotopic (exact) mass is 317 g/mol. The standard InChI is InChI=1S/C18H27N3O2/c1-13-16(10-7-11-17(13)20-14(2)22)19-12-18(23)21(3)15-8-5-4-6-9-15/h7,10-11,15,19H,4-6,8-9,12H2,1-3H3,(H,20,22). The summed E-state index contributed by atoms with van der Waals surface area (Å²) in [4.78, 5) is 25.5. The number of likely N-dealkylation sites (N-methyl/N-ethyl adjacent to an activating group) is 1. The first kappa shape index (κ1) is 17.3. The molecule has 0 atom stereocenters. The van der Waals surface area contributed by atoms with E-state index < -0.39 is 0 Å². The summed E-state index contributed by atoms with van der Waals surface area (Å²) in [6, 6.07) is 6.03. The SMILES string of the molecule is CC(=O)Nc1cccc(NCC(=O)N(C)C2CCCCC2)c1C. The third-order valence-corrected chi connectivity index (χ3v) is 4.59. The van der Waals surface area contributed by atoms with Crippen LogP contribution in [0.25, 0.3) is 0 Å². The highest BCUT2D eigenvalue weighted by Crippen LogP contribution is 2.24. The van der Waals surface area contributed by atoms with Gasteiger partial charge in [-0.2, -0.15) is 0 Å². The zero-order valence-electron chi connectivity index (χ0n) is 14.3. The van der Waals surface area contributed by atoms with Gasteiger partial charge >= 0.3 is 0 Å². The quantitative estimate of drug-likeness (QED) is 0.877. The summed E-state index contributed by atoms with van der Waals surface area (Å²) in [5.74, 6) is 0.0135. The molecule has 0 bridgehead atoms. The fourth-order valence-electron chi connectivity index (χ4n) is 3.12. The minimum atomic E-state index is -0.0987. The van der Waals surface area contributed by atoms with Gasteiger partial charge < -0.3 is 15.5 Å². The van der Waals surface area contributed by atoms with E-state index in [1.807, 2.05) is 37.1 Å². The first-order valence-corrected chi connectivity index (χ1v) is 8.35. The van der Waals surface area contributed by atoms with E-state index in [1.165, 1.54) is 26.2 Å². The van der Waals surface area contributed by atoms with Crippen LogP contribution in [0, 0.1) is 6.92 Å². The van der Waals surface area contributed by atoms with Crippen molar-refractivity contribution in [3.63, 3.8) is 0 Å². The highest BCUT2D eigenvalue weighted by Gasteiger charge is 2.21. The van der Waals surface area contributed by atoms with E-state index in [0.29, 0.717) is 6.04 Å². The molecule has 1 aliphatic rings. The van der Waals surface area contributed by atoms with Crippen LogP contribution in [0.5, 0.6) is 0 Å². The van der Waals surface area contributed by atoms with Crippen LogP contribution in [-0.4, -0.2) is 36.3 Å². The van der Waals surface area contributed by atoms with Crippen molar-refractivity contribution in [2.45, 2.75) is 52.0 Å². The smallest absolute Gasteiger partial charge is 0.241 e. The van der Waals surface area contributed by atoms with E-state index in [-0.39, 0.29) is 18.4 Å². The minimum Gasteiger partial charge on any atom is -0.376 e. The van der Waals surface area contributed by atoms with Crippen LogP contribution in [0.4, 0.5) is 11.4 Å². The first-order valence-electron chi connectivity index (χ1n) is 8.35. The number of amides is 2. The predicted molar refractivity (Wildman–Crippen MR) is 93.6 cm³/mol. The Morgan fingerprint density at radius 2 is 1.83 bits per heavy atom. The van der Waals surface area contributed by atoms with Gasteiger partial charge in [0.1, 0.15) is 0 Å². The van der Waals surface area contributed by atoms with Gasteiger partial charge in [0.05, 0.1) is 6.54 Å². The summed E-state index contributed by atoms with van der Waals surface area (Å²) < 4.78 is 0. The van der Waals surface area contributed by atoms with Gasteiger partial charge in [0.2, 0.25) is 11.8 Å². The second-order valence-corrected chi connectivity index (χ2v) is 6.31. The summed E-state index contributed by atoms with van der Waals surface area (Å²) >= 11 is 0. The molecule has 0 aromatic heterocycles. The Morgan fingerprint density at radius 1 is 1.17 bits per heavy atom. The molecule has 0 spiro atoms. The lowest BCUT2D eigenvalue weighted by atomic mass is 9.94. The summed E-state index contributed by atoms with van der Waals surface area (Å²) in [7, 11) is 1.90. The Bertz CT molecular complexity index is 565. The summed E-state index contributed by atoms with van der Waals surface area (Å²) in [5.41, 5.74) is 2.59. The van der Waals surface area contributed by atoms with Gasteiger partial charge in [-0.1, -0.05) is 25.3 Å². The Labute approximate surface area is 138 Å². The summed E-state index contributed by atoms with van der Waals surface area (Å²) in [6.07, 6.45) is 5.94. The Hall–Kier alpha value is -2.04. The molecule has 2 N–H and O–H groups in total. The van der Waals surface area contributed by atoms with Gasteiger partial charge in [-0.15, -0.1) is 0 Å². The highest BCUT2D eigenvalue weighted by atomic mass is 16.2. The maximum atomic E-state index is 12.4. The molecule has 0 unspecified atom stereocenters. The fraction of sp³-hybridized carbons (Fsp3) is 0.556. The number of rotatable bonds is 5. The van der Waals surface area contributed by atoms with Crippen molar-refractivity contribution < 1.29 is 9.59 Å². The van der Waals surface area contributed by atoms with Crippen molar-refractivity contribution >= 4 is 23.2 Å². The molecule has 1 aliphatic carbocycles. The van der Waals surface area contributed by atoms with Crippen LogP contribution in [0.3, 0.4) is 0 Å². The van der Waals surface area contributed by atoms with Crippen LogP contribution in [0.15, 0.2) is 18.2 Å². The number of hydrogen-bond donors (Lipinski definition) is 2. The highest BCUT2D eigenvalue weighted by molar-refractivity contribution is 5.91. The second-order valence-electron chi connectivity index (χ2n) is 6.31. The van der Waals surface area contributed by atoms with Crippen molar-refractivity contribution in [3.8, 4) is 0 Å². The molecule has 1 saturated carbocycles. The zero-order chi connectivity index (χ0) is 16.8. The van der Waals surface area contributed by atoms with E-state index in [0.717, 1.165) is 29.8 Å². The molecular formula is C18H27N3O2. The van der Waals surface area contributed by atoms with Crippen molar-refractivity contribution in [1.29, 1.82) is 0 Å². The molecule has 126 valence electrons. The largest absolute Gasteiger partial charge is 0.376 e. The summed E-state index contributed by atoms with van der Waals surface area (Å²) in [6.45, 7) is 3.70. The van der Waals surface area contributed by atoms with Gasteiger partial charge in [-0.05, 0) is 37.5 Å². The first-order chi connectivity index (χ1) is 11.0. The molecule has 0 aliphatic heterocycles. The molecule has 2 amide bonds. The maximum absolute atomic E-state index is 12.4. The molecule has 0 radical (unpaired) electrons. The molecule has 23 heavy (non-hydrogen) atoms. The normalized spacial score (nSPS) is 15.1. The zero-order valence-corrected chi connectivity index (χ0v) is 14.3. The maximum Gasteiger partial charge on any atom is 0.241 e. The third-order valence-electron chi connectivity index (χ3n) is 4.59. The lowest BCUT2D eigenvalue weighted by Crippen LogP contribution is -2.41. The van der Waals surface area contributed by atoms with Crippen LogP contribution in [0.1, 0.15) is 44.6 Å². The molecule has 2 rings (SSSR count). The molecular weight excluding hydrogens is 290 g/mol. The fourth-order valence-corrected chi connectivity index (χ4v) is 3.12. The summed E-state index contributed by atoms with van der Waals surface area (Å²) in [5, 5.41) is 6.01. The molecule has 1 aromatic carbocycles. The molecule has 1 aromatic rings. The third kappa shape index (κ3) is 4.71. The molecule has 0 heterocycles. The average Bonchev–Trinajstić information content (AvgIpc) is 2.55. The van der Waals surface area contributed by atoms with E-state index >= 15 is 0 Å². The Balaban J connectivity index is 1.94. The van der Waals surface area contributed by atoms with Crippen molar-refractivity contribution in [3.05, 3.63) is 23.8 Å². The lowest BCUT2D eigenvalue weighted by molar-refractivity contribution is -0.130. The lowest BCUT2D eigenvalue weighted by Gasteiger charge is -2.31. The van der Waals surface area contributed by atoms with Crippen molar-refractivity contribution in [2.24, 2.45) is 0 Å². The van der Waals surface area contributed by atoms with E-state index in [9.17, 15) is 9.59 Å². The van der Waals surface area contributed by atoms with Crippen LogP contribution < -0.4 is 10.6 Å². The number of anilines is 2. The van der Waals surface area contributed by atoms with E-state index in [2.05, 4.69) is 10.6 Å². The van der Waals surface area contributed by atoms with E-state index in [1.54, 1.807) is 0 Å². The predicted octanol–water partition coefficient (Wildman–Crippen LogP) is 3.16. The molecule has 5 heteroatoms. The van der Waals surface area contributed by atoms with Gasteiger partial charge in [0, 0.05) is 31.4 Å². The number of benzene rings is 1. The Kier molecular flexibility index (Phi) is 6.02. The molecule has 5 nitrogen and oxygen atoms in total. The van der Waals surface area contributed by atoms with Crippen molar-refractivity contribution in [2.75, 3.05) is 24.2 Å². The number of nitrogens with one attached hydrogen (secondary N) is 2. The van der Waals surface area contributed by atoms with Crippen LogP contribution in [0.2, 0.25) is 0 Å². The molecule has 1 fully saturated rings. The minimum absolute atomic E-state index is 0.0987. The van der Waals surface area contributed by atoms with Crippen LogP contribution >= 0.6 is 0 Å². The number of carbonyl (C=O) groups excluding carboxylic acids is 2.